The summed E-state index contributed by atoms with van der Waals surface area (Å²) < 4.78 is 26.1. The molecule has 0 aromatic heterocycles. The van der Waals surface area contributed by atoms with E-state index >= 15 is 0 Å². The van der Waals surface area contributed by atoms with Gasteiger partial charge in [0.2, 0.25) is 0 Å². The summed E-state index contributed by atoms with van der Waals surface area (Å²) >= 11 is 9.71. The van der Waals surface area contributed by atoms with E-state index in [2.05, 4.69) is 21.2 Å². The van der Waals surface area contributed by atoms with Crippen molar-refractivity contribution in [3.8, 4) is 11.5 Å². The fraction of sp³-hybridized carbons (Fsp3) is 0.174. The third-order valence-electron chi connectivity index (χ3n) is 4.44. The minimum absolute atomic E-state index is 0.0639. The highest BCUT2D eigenvalue weighted by atomic mass is 79.9. The summed E-state index contributed by atoms with van der Waals surface area (Å²) in [6.45, 7) is 2.71. The predicted molar refractivity (Wildman–Crippen MR) is 122 cm³/mol. The van der Waals surface area contributed by atoms with E-state index in [-0.39, 0.29) is 18.0 Å². The van der Waals surface area contributed by atoms with Crippen LogP contribution in [-0.4, -0.2) is 17.7 Å². The second-order valence-corrected chi connectivity index (χ2v) is 7.82. The zero-order valence-electron chi connectivity index (χ0n) is 16.6. The molecular weight excluding hydrogens is 489 g/mol. The highest BCUT2D eigenvalue weighted by Crippen LogP contribution is 2.35. The molecule has 5 nitrogen and oxygen atoms in total. The molecule has 0 amide bonds. The van der Waals surface area contributed by atoms with Gasteiger partial charge in [0, 0.05) is 16.6 Å². The summed E-state index contributed by atoms with van der Waals surface area (Å²) in [6.07, 6.45) is 0. The van der Waals surface area contributed by atoms with E-state index < -0.39 is 5.97 Å². The van der Waals surface area contributed by atoms with E-state index in [9.17, 15) is 14.3 Å². The van der Waals surface area contributed by atoms with E-state index in [4.69, 9.17) is 21.1 Å². The van der Waals surface area contributed by atoms with Crippen LogP contribution in [0.25, 0.3) is 0 Å². The first-order valence-corrected chi connectivity index (χ1v) is 10.6. The summed E-state index contributed by atoms with van der Waals surface area (Å²) in [6, 6.07) is 14.5. The fourth-order valence-corrected chi connectivity index (χ4v) is 3.50. The standard InChI is InChI=1S/C23H20BrClFNO4/c1-2-30-21-10-16(12-27-20-9-14(23(28)29)7-8-18(20)25)17(24)11-22(21)31-13-15-5-3-4-6-19(15)26/h3-11,27H,2,12-13H2,1H3,(H,28,29). The van der Waals surface area contributed by atoms with Crippen molar-refractivity contribution in [1.29, 1.82) is 0 Å². The number of halogens is 3. The van der Waals surface area contributed by atoms with Crippen LogP contribution in [0.4, 0.5) is 10.1 Å². The second kappa shape index (κ2) is 10.5. The molecule has 162 valence electrons. The van der Waals surface area contributed by atoms with E-state index in [1.807, 2.05) is 13.0 Å². The Morgan fingerprint density at radius 3 is 2.55 bits per heavy atom. The smallest absolute Gasteiger partial charge is 0.335 e. The van der Waals surface area contributed by atoms with Crippen LogP contribution in [0, 0.1) is 5.82 Å². The van der Waals surface area contributed by atoms with Crippen molar-refractivity contribution in [3.63, 3.8) is 0 Å². The Kier molecular flexibility index (Phi) is 7.76. The van der Waals surface area contributed by atoms with Crippen molar-refractivity contribution >= 4 is 39.2 Å². The van der Waals surface area contributed by atoms with Gasteiger partial charge in [0.25, 0.3) is 0 Å². The lowest BCUT2D eigenvalue weighted by molar-refractivity contribution is 0.0697. The van der Waals surface area contributed by atoms with Crippen molar-refractivity contribution in [2.45, 2.75) is 20.1 Å². The van der Waals surface area contributed by atoms with E-state index in [1.54, 1.807) is 24.3 Å². The third-order valence-corrected chi connectivity index (χ3v) is 5.50. The normalized spacial score (nSPS) is 10.6. The van der Waals surface area contributed by atoms with Gasteiger partial charge in [-0.05, 0) is 48.9 Å². The van der Waals surface area contributed by atoms with Gasteiger partial charge in [0.05, 0.1) is 22.9 Å². The molecule has 0 bridgehead atoms. The molecule has 8 heteroatoms. The molecule has 0 atom stereocenters. The highest BCUT2D eigenvalue weighted by molar-refractivity contribution is 9.10. The number of benzene rings is 3. The molecule has 0 radical (unpaired) electrons. The number of rotatable bonds is 9. The molecule has 0 aliphatic carbocycles. The van der Waals surface area contributed by atoms with Crippen LogP contribution in [0.3, 0.4) is 0 Å². The first kappa shape index (κ1) is 22.9. The highest BCUT2D eigenvalue weighted by Gasteiger charge is 2.13. The Morgan fingerprint density at radius 1 is 1.10 bits per heavy atom. The molecule has 3 rings (SSSR count). The molecule has 3 aromatic carbocycles. The lowest BCUT2D eigenvalue weighted by Gasteiger charge is -2.16. The molecule has 0 saturated heterocycles. The number of hydrogen-bond acceptors (Lipinski definition) is 4. The van der Waals surface area contributed by atoms with Crippen molar-refractivity contribution in [1.82, 2.24) is 0 Å². The van der Waals surface area contributed by atoms with Gasteiger partial charge < -0.3 is 19.9 Å². The van der Waals surface area contributed by atoms with Crippen LogP contribution in [0.5, 0.6) is 11.5 Å². The molecule has 0 heterocycles. The summed E-state index contributed by atoms with van der Waals surface area (Å²) in [5.41, 5.74) is 1.93. The van der Waals surface area contributed by atoms with Crippen LogP contribution in [0.2, 0.25) is 5.02 Å². The van der Waals surface area contributed by atoms with Gasteiger partial charge in [0.1, 0.15) is 12.4 Å². The van der Waals surface area contributed by atoms with Gasteiger partial charge >= 0.3 is 5.97 Å². The molecule has 3 aromatic rings. The van der Waals surface area contributed by atoms with Crippen molar-refractivity contribution in [3.05, 3.63) is 86.6 Å². The second-order valence-electron chi connectivity index (χ2n) is 6.56. The Morgan fingerprint density at radius 2 is 1.84 bits per heavy atom. The Labute approximate surface area is 192 Å². The molecule has 31 heavy (non-hydrogen) atoms. The zero-order valence-corrected chi connectivity index (χ0v) is 19.0. The average molecular weight is 509 g/mol. The van der Waals surface area contributed by atoms with Crippen LogP contribution in [0.15, 0.2) is 59.1 Å². The quantitative estimate of drug-likeness (QED) is 0.344. The number of aromatic carboxylic acids is 1. The van der Waals surface area contributed by atoms with Crippen LogP contribution >= 0.6 is 27.5 Å². The zero-order chi connectivity index (χ0) is 22.4. The molecule has 0 saturated carbocycles. The Hall–Kier alpha value is -2.77. The summed E-state index contributed by atoms with van der Waals surface area (Å²) in [5.74, 6) is -0.368. The molecule has 0 unspecified atom stereocenters. The van der Waals surface area contributed by atoms with Crippen molar-refractivity contribution in [2.24, 2.45) is 0 Å². The number of carbonyl (C=O) groups is 1. The van der Waals surface area contributed by atoms with Crippen molar-refractivity contribution in [2.75, 3.05) is 11.9 Å². The maximum Gasteiger partial charge on any atom is 0.335 e. The van der Waals surface area contributed by atoms with Gasteiger partial charge in [0.15, 0.2) is 11.5 Å². The van der Waals surface area contributed by atoms with Crippen LogP contribution in [-0.2, 0) is 13.2 Å². The minimum atomic E-state index is -1.03. The topological polar surface area (TPSA) is 67.8 Å². The Balaban J connectivity index is 1.79. The van der Waals surface area contributed by atoms with Gasteiger partial charge in [-0.25, -0.2) is 9.18 Å². The van der Waals surface area contributed by atoms with Gasteiger partial charge in [-0.3, -0.25) is 0 Å². The first-order chi connectivity index (χ1) is 14.9. The number of hydrogen-bond donors (Lipinski definition) is 2. The van der Waals surface area contributed by atoms with Crippen LogP contribution < -0.4 is 14.8 Å². The first-order valence-electron chi connectivity index (χ1n) is 9.47. The van der Waals surface area contributed by atoms with Gasteiger partial charge in [-0.1, -0.05) is 45.7 Å². The summed E-state index contributed by atoms with van der Waals surface area (Å²) in [5, 5.41) is 12.7. The number of nitrogens with one attached hydrogen (secondary N) is 1. The largest absolute Gasteiger partial charge is 0.490 e. The number of carboxylic acid groups (broad SMARTS) is 1. The van der Waals surface area contributed by atoms with Gasteiger partial charge in [-0.15, -0.1) is 0 Å². The monoisotopic (exact) mass is 507 g/mol. The number of ether oxygens (including phenoxy) is 2. The molecular formula is C23H20BrClFNO4. The average Bonchev–Trinajstić information content (AvgIpc) is 2.74. The predicted octanol–water partition coefficient (Wildman–Crippen LogP) is 6.53. The number of carboxylic acids is 1. The number of anilines is 1. The third kappa shape index (κ3) is 5.89. The molecule has 0 aliphatic heterocycles. The molecule has 2 N–H and O–H groups in total. The maximum atomic E-state index is 13.9. The van der Waals surface area contributed by atoms with Crippen LogP contribution in [0.1, 0.15) is 28.4 Å². The van der Waals surface area contributed by atoms with E-state index in [1.165, 1.54) is 24.3 Å². The molecule has 0 fully saturated rings. The minimum Gasteiger partial charge on any atom is -0.490 e. The molecule has 0 aliphatic rings. The Bertz CT molecular complexity index is 1090. The SMILES string of the molecule is CCOc1cc(CNc2cc(C(=O)O)ccc2Cl)c(Br)cc1OCc1ccccc1F. The maximum absolute atomic E-state index is 13.9. The summed E-state index contributed by atoms with van der Waals surface area (Å²) in [7, 11) is 0. The van der Waals surface area contributed by atoms with E-state index in [0.29, 0.717) is 40.9 Å². The van der Waals surface area contributed by atoms with Gasteiger partial charge in [-0.2, -0.15) is 0 Å². The van der Waals surface area contributed by atoms with E-state index in [0.717, 1.165) is 10.0 Å². The van der Waals surface area contributed by atoms with Crippen molar-refractivity contribution < 1.29 is 23.8 Å². The lowest BCUT2D eigenvalue weighted by atomic mass is 10.1. The summed E-state index contributed by atoms with van der Waals surface area (Å²) in [4.78, 5) is 11.2. The lowest BCUT2D eigenvalue weighted by Crippen LogP contribution is -2.06. The molecule has 0 spiro atoms. The fourth-order valence-electron chi connectivity index (χ4n) is 2.85.